The van der Waals surface area contributed by atoms with Gasteiger partial charge in [0.15, 0.2) is 0 Å². The maximum absolute atomic E-state index is 13.4. The number of benzene rings is 3. The first-order valence-electron chi connectivity index (χ1n) is 10.8. The standard InChI is InChI=1S/C25H24N6O2S3/c26-14-21(34)24(32)29-17-7-4-8-18(13-17)36(33)31-20(12-15-5-3-6-16(11-15)23(27)28)25-30-19-9-1-2-10-22(19)35-25/h1-11,13-14,20,31,34H,12,26H2,(H3,27,28)(H,29,32)/b21-14-. The van der Waals surface area contributed by atoms with Crippen LogP contribution in [0, 0.1) is 5.41 Å². The van der Waals surface area contributed by atoms with Gasteiger partial charge in [0, 0.05) is 17.5 Å². The third kappa shape index (κ3) is 6.18. The molecule has 1 aromatic heterocycles. The number of aromatic nitrogens is 1. The highest BCUT2D eigenvalue weighted by Gasteiger charge is 2.21. The number of rotatable bonds is 9. The predicted molar refractivity (Wildman–Crippen MR) is 149 cm³/mol. The lowest BCUT2D eigenvalue weighted by atomic mass is 10.0. The van der Waals surface area contributed by atoms with E-state index in [0.717, 1.165) is 27.0 Å². The Morgan fingerprint density at radius 2 is 1.92 bits per heavy atom. The van der Waals surface area contributed by atoms with Crippen LogP contribution in [-0.2, 0) is 22.2 Å². The molecule has 4 aromatic rings. The van der Waals surface area contributed by atoms with Gasteiger partial charge in [0.2, 0.25) is 0 Å². The Hall–Kier alpha value is -3.51. The molecule has 1 amide bonds. The molecule has 3 aromatic carbocycles. The average Bonchev–Trinajstić information content (AvgIpc) is 3.32. The molecule has 7 N–H and O–H groups in total. The summed E-state index contributed by atoms with van der Waals surface area (Å²) < 4.78 is 17.6. The minimum absolute atomic E-state index is 0.0161. The molecule has 0 saturated heterocycles. The lowest BCUT2D eigenvalue weighted by Gasteiger charge is -2.17. The van der Waals surface area contributed by atoms with Gasteiger partial charge in [-0.25, -0.2) is 13.9 Å². The Kier molecular flexibility index (Phi) is 8.16. The van der Waals surface area contributed by atoms with E-state index in [4.69, 9.17) is 21.9 Å². The molecule has 0 bridgehead atoms. The summed E-state index contributed by atoms with van der Waals surface area (Å²) in [5.74, 6) is -0.480. The van der Waals surface area contributed by atoms with Crippen molar-refractivity contribution in [2.24, 2.45) is 11.5 Å². The fourth-order valence-corrected chi connectivity index (χ4v) is 5.65. The molecule has 0 saturated carbocycles. The smallest absolute Gasteiger partial charge is 0.263 e. The number of nitrogens with one attached hydrogen (secondary N) is 3. The second-order valence-electron chi connectivity index (χ2n) is 7.81. The number of thiazole rings is 1. The fourth-order valence-electron chi connectivity index (χ4n) is 3.48. The monoisotopic (exact) mass is 536 g/mol. The minimum atomic E-state index is -1.62. The molecule has 0 spiro atoms. The largest absolute Gasteiger partial charge is 0.404 e. The number of hydrogen-bond donors (Lipinski definition) is 6. The minimum Gasteiger partial charge on any atom is -0.404 e. The van der Waals surface area contributed by atoms with Crippen molar-refractivity contribution in [2.75, 3.05) is 5.32 Å². The molecule has 0 aliphatic carbocycles. The molecule has 4 rings (SSSR count). The van der Waals surface area contributed by atoms with Gasteiger partial charge in [-0.2, -0.15) is 0 Å². The number of carbonyl (C=O) groups excluding carboxylic acids is 1. The molecule has 184 valence electrons. The molecule has 36 heavy (non-hydrogen) atoms. The van der Waals surface area contributed by atoms with Crippen LogP contribution >= 0.6 is 24.0 Å². The number of thiol groups is 1. The Bertz CT molecular complexity index is 1450. The number of anilines is 1. The summed E-state index contributed by atoms with van der Waals surface area (Å²) in [6.07, 6.45) is 1.58. The maximum atomic E-state index is 13.4. The molecule has 0 aliphatic heterocycles. The first-order chi connectivity index (χ1) is 17.3. The first-order valence-corrected chi connectivity index (χ1v) is 13.2. The molecule has 11 heteroatoms. The Balaban J connectivity index is 1.62. The van der Waals surface area contributed by atoms with E-state index in [0.29, 0.717) is 22.6 Å². The van der Waals surface area contributed by atoms with E-state index in [9.17, 15) is 9.00 Å². The van der Waals surface area contributed by atoms with Crippen LogP contribution in [0.5, 0.6) is 0 Å². The number of nitrogen functional groups attached to an aromatic ring is 1. The van der Waals surface area contributed by atoms with Gasteiger partial charge in [-0.1, -0.05) is 36.4 Å². The third-order valence-corrected chi connectivity index (χ3v) is 7.92. The topological polar surface area (TPSA) is 147 Å². The zero-order valence-electron chi connectivity index (χ0n) is 19.0. The summed E-state index contributed by atoms with van der Waals surface area (Å²) >= 11 is 5.55. The van der Waals surface area contributed by atoms with Crippen molar-refractivity contribution >= 4 is 62.6 Å². The second-order valence-corrected chi connectivity index (χ2v) is 10.6. The number of hydrogen-bond acceptors (Lipinski definition) is 7. The van der Waals surface area contributed by atoms with E-state index < -0.39 is 16.9 Å². The summed E-state index contributed by atoms with van der Waals surface area (Å²) in [7, 11) is -1.62. The highest BCUT2D eigenvalue weighted by Crippen LogP contribution is 2.29. The van der Waals surface area contributed by atoms with Crippen molar-refractivity contribution < 1.29 is 9.00 Å². The lowest BCUT2D eigenvalue weighted by Crippen LogP contribution is -2.26. The van der Waals surface area contributed by atoms with Gasteiger partial charge in [0.1, 0.15) is 21.8 Å². The van der Waals surface area contributed by atoms with Crippen LogP contribution in [0.1, 0.15) is 22.2 Å². The fraction of sp³-hybridized carbons (Fsp3) is 0.0800. The van der Waals surface area contributed by atoms with Crippen LogP contribution in [0.2, 0.25) is 0 Å². The number of amides is 1. The van der Waals surface area contributed by atoms with Crippen LogP contribution in [0.15, 0.2) is 88.8 Å². The SMILES string of the molecule is N=C(N)c1cccc(CC(NS(=O)c2cccc(NC(=O)/C(S)=C/N)c2)c2nc3ccccc3s2)c1. The molecule has 2 atom stereocenters. The van der Waals surface area contributed by atoms with E-state index in [1.165, 1.54) is 11.3 Å². The van der Waals surface area contributed by atoms with Crippen LogP contribution in [0.25, 0.3) is 10.2 Å². The highest BCUT2D eigenvalue weighted by atomic mass is 32.2. The van der Waals surface area contributed by atoms with Crippen molar-refractivity contribution in [1.29, 1.82) is 5.41 Å². The van der Waals surface area contributed by atoms with E-state index in [-0.39, 0.29) is 16.8 Å². The number of para-hydroxylation sites is 1. The number of nitrogens with zero attached hydrogens (tertiary/aromatic N) is 1. The van der Waals surface area contributed by atoms with Crippen molar-refractivity contribution in [1.82, 2.24) is 9.71 Å². The zero-order valence-corrected chi connectivity index (χ0v) is 21.5. The Morgan fingerprint density at radius 3 is 2.67 bits per heavy atom. The molecule has 0 fully saturated rings. The van der Waals surface area contributed by atoms with Gasteiger partial charge in [-0.15, -0.1) is 24.0 Å². The van der Waals surface area contributed by atoms with Crippen LogP contribution in [-0.4, -0.2) is 20.9 Å². The summed E-state index contributed by atoms with van der Waals surface area (Å²) in [4.78, 5) is 17.4. The summed E-state index contributed by atoms with van der Waals surface area (Å²) in [5.41, 5.74) is 13.9. The number of carbonyl (C=O) groups is 1. The summed E-state index contributed by atoms with van der Waals surface area (Å²) in [5, 5.41) is 11.2. The van der Waals surface area contributed by atoms with Crippen LogP contribution in [0.3, 0.4) is 0 Å². The van der Waals surface area contributed by atoms with E-state index in [1.807, 2.05) is 42.5 Å². The maximum Gasteiger partial charge on any atom is 0.263 e. The summed E-state index contributed by atoms with van der Waals surface area (Å²) in [6, 6.07) is 21.6. The second kappa shape index (κ2) is 11.5. The molecule has 2 unspecified atom stereocenters. The molecule has 0 radical (unpaired) electrons. The number of nitrogens with two attached hydrogens (primary N) is 2. The highest BCUT2D eigenvalue weighted by molar-refractivity contribution is 7.85. The number of fused-ring (bicyclic) bond motifs is 1. The lowest BCUT2D eigenvalue weighted by molar-refractivity contribution is -0.112. The van der Waals surface area contributed by atoms with Crippen LogP contribution < -0.4 is 21.5 Å². The first kappa shape index (κ1) is 25.6. The Labute approximate surface area is 220 Å². The zero-order chi connectivity index (χ0) is 25.7. The van der Waals surface area contributed by atoms with Crippen LogP contribution in [0.4, 0.5) is 5.69 Å². The molecule has 1 heterocycles. The third-order valence-electron chi connectivity index (χ3n) is 5.23. The van der Waals surface area contributed by atoms with E-state index >= 15 is 0 Å². The van der Waals surface area contributed by atoms with Gasteiger partial charge in [-0.05, 0) is 48.4 Å². The van der Waals surface area contributed by atoms with Crippen molar-refractivity contribution in [3.8, 4) is 0 Å². The quantitative estimate of drug-likeness (QED) is 0.0832. The van der Waals surface area contributed by atoms with Crippen molar-refractivity contribution in [3.05, 3.63) is 100 Å². The Morgan fingerprint density at radius 1 is 1.14 bits per heavy atom. The number of amidine groups is 1. The molecule has 0 aliphatic rings. The van der Waals surface area contributed by atoms with Gasteiger partial charge in [0.25, 0.3) is 5.91 Å². The van der Waals surface area contributed by atoms with E-state index in [1.54, 1.807) is 30.3 Å². The van der Waals surface area contributed by atoms with Gasteiger partial charge >= 0.3 is 0 Å². The van der Waals surface area contributed by atoms with Gasteiger partial charge in [0.05, 0.1) is 26.1 Å². The van der Waals surface area contributed by atoms with Crippen molar-refractivity contribution in [2.45, 2.75) is 17.4 Å². The molecular weight excluding hydrogens is 513 g/mol. The van der Waals surface area contributed by atoms with E-state index in [2.05, 4.69) is 22.7 Å². The van der Waals surface area contributed by atoms with Gasteiger partial charge in [-0.3, -0.25) is 10.2 Å². The molecule has 8 nitrogen and oxygen atoms in total. The average molecular weight is 537 g/mol. The normalized spacial score (nSPS) is 13.3. The van der Waals surface area contributed by atoms with Crippen molar-refractivity contribution in [3.63, 3.8) is 0 Å². The van der Waals surface area contributed by atoms with Gasteiger partial charge < -0.3 is 16.8 Å². The molecular formula is C25H24N6O2S3. The summed E-state index contributed by atoms with van der Waals surface area (Å²) in [6.45, 7) is 0. The predicted octanol–water partition coefficient (Wildman–Crippen LogP) is 3.84.